The number of hydrogen-bond donors (Lipinski definition) is 1. The highest BCUT2D eigenvalue weighted by Crippen LogP contribution is 2.48. The van der Waals surface area contributed by atoms with Crippen molar-refractivity contribution in [1.29, 1.82) is 0 Å². The topological polar surface area (TPSA) is 26.0 Å². The molecule has 1 aliphatic carbocycles. The summed E-state index contributed by atoms with van der Waals surface area (Å²) in [4.78, 5) is 0. The van der Waals surface area contributed by atoms with Gasteiger partial charge < -0.3 is 5.73 Å². The molecule has 0 unspecified atom stereocenters. The fourth-order valence-corrected chi connectivity index (χ4v) is 3.82. The third-order valence-electron chi connectivity index (χ3n) is 4.84. The van der Waals surface area contributed by atoms with E-state index >= 15 is 0 Å². The first-order valence-electron chi connectivity index (χ1n) is 7.64. The van der Waals surface area contributed by atoms with Crippen LogP contribution in [0.25, 0.3) is 32.7 Å². The van der Waals surface area contributed by atoms with Gasteiger partial charge in [-0.05, 0) is 43.8 Å². The normalized spacial score (nSPS) is 13.5. The van der Waals surface area contributed by atoms with Crippen LogP contribution < -0.4 is 5.73 Å². The SMILES string of the molecule is NC1c2ccc3ccccc3c2-c2c1ccc1ccccc21. The number of nitrogens with two attached hydrogens (primary N) is 1. The molecular formula is C21H15N. The molecule has 104 valence electrons. The van der Waals surface area contributed by atoms with E-state index in [1.165, 1.54) is 43.8 Å². The summed E-state index contributed by atoms with van der Waals surface area (Å²) in [7, 11) is 0. The fourth-order valence-electron chi connectivity index (χ4n) is 3.82. The first-order valence-corrected chi connectivity index (χ1v) is 7.64. The van der Waals surface area contributed by atoms with Crippen molar-refractivity contribution in [1.82, 2.24) is 0 Å². The van der Waals surface area contributed by atoms with E-state index in [1.54, 1.807) is 0 Å². The van der Waals surface area contributed by atoms with Gasteiger partial charge in [-0.3, -0.25) is 0 Å². The number of fused-ring (bicyclic) bond motifs is 7. The second kappa shape index (κ2) is 4.19. The lowest BCUT2D eigenvalue weighted by atomic mass is 9.94. The van der Waals surface area contributed by atoms with Gasteiger partial charge in [-0.2, -0.15) is 0 Å². The van der Waals surface area contributed by atoms with Crippen LogP contribution in [0.1, 0.15) is 17.2 Å². The van der Waals surface area contributed by atoms with Gasteiger partial charge in [0.05, 0.1) is 6.04 Å². The maximum atomic E-state index is 6.54. The van der Waals surface area contributed by atoms with E-state index in [2.05, 4.69) is 72.8 Å². The van der Waals surface area contributed by atoms with Gasteiger partial charge in [-0.1, -0.05) is 72.8 Å². The second-order valence-electron chi connectivity index (χ2n) is 5.98. The van der Waals surface area contributed by atoms with Gasteiger partial charge in [0.15, 0.2) is 0 Å². The molecule has 0 heterocycles. The van der Waals surface area contributed by atoms with E-state index in [1.807, 2.05) is 0 Å². The molecule has 0 aromatic heterocycles. The zero-order valence-corrected chi connectivity index (χ0v) is 12.1. The molecule has 0 amide bonds. The van der Waals surface area contributed by atoms with E-state index in [4.69, 9.17) is 5.73 Å². The van der Waals surface area contributed by atoms with Crippen LogP contribution in [0.4, 0.5) is 0 Å². The molecule has 0 saturated heterocycles. The third kappa shape index (κ3) is 1.41. The highest BCUT2D eigenvalue weighted by Gasteiger charge is 2.28. The van der Waals surface area contributed by atoms with Crippen molar-refractivity contribution in [2.45, 2.75) is 6.04 Å². The van der Waals surface area contributed by atoms with Gasteiger partial charge in [-0.25, -0.2) is 0 Å². The zero-order valence-electron chi connectivity index (χ0n) is 12.1. The lowest BCUT2D eigenvalue weighted by molar-refractivity contribution is 0.903. The highest BCUT2D eigenvalue weighted by molar-refractivity contribution is 6.10. The summed E-state index contributed by atoms with van der Waals surface area (Å²) in [6.45, 7) is 0. The molecular weight excluding hydrogens is 266 g/mol. The fraction of sp³-hybridized carbons (Fsp3) is 0.0476. The third-order valence-corrected chi connectivity index (χ3v) is 4.84. The van der Waals surface area contributed by atoms with Crippen LogP contribution in [0.15, 0.2) is 72.8 Å². The summed E-state index contributed by atoms with van der Waals surface area (Å²) in [5.74, 6) is 0. The molecule has 1 heteroatoms. The van der Waals surface area contributed by atoms with Crippen molar-refractivity contribution < 1.29 is 0 Å². The summed E-state index contributed by atoms with van der Waals surface area (Å²) in [5, 5.41) is 5.14. The van der Waals surface area contributed by atoms with Crippen molar-refractivity contribution in [2.75, 3.05) is 0 Å². The molecule has 4 aromatic carbocycles. The largest absolute Gasteiger partial charge is 0.320 e. The first-order chi connectivity index (χ1) is 10.8. The van der Waals surface area contributed by atoms with E-state index in [0.717, 1.165) is 0 Å². The minimum atomic E-state index is -0.0285. The predicted octanol–water partition coefficient (Wildman–Crippen LogP) is 5.02. The average molecular weight is 281 g/mol. The van der Waals surface area contributed by atoms with Crippen LogP contribution in [0.3, 0.4) is 0 Å². The average Bonchev–Trinajstić information content (AvgIpc) is 2.88. The predicted molar refractivity (Wildman–Crippen MR) is 92.9 cm³/mol. The Morgan fingerprint density at radius 3 is 1.50 bits per heavy atom. The van der Waals surface area contributed by atoms with Gasteiger partial charge in [0.1, 0.15) is 0 Å². The molecule has 5 rings (SSSR count). The van der Waals surface area contributed by atoms with Gasteiger partial charge in [0.2, 0.25) is 0 Å². The molecule has 2 N–H and O–H groups in total. The van der Waals surface area contributed by atoms with Crippen LogP contribution >= 0.6 is 0 Å². The summed E-state index contributed by atoms with van der Waals surface area (Å²) >= 11 is 0. The molecule has 1 nitrogen and oxygen atoms in total. The van der Waals surface area contributed by atoms with Crippen LogP contribution in [0.2, 0.25) is 0 Å². The maximum Gasteiger partial charge on any atom is 0.0564 e. The Hall–Kier alpha value is -2.64. The first kappa shape index (κ1) is 12.0. The van der Waals surface area contributed by atoms with Gasteiger partial charge in [0.25, 0.3) is 0 Å². The molecule has 0 aliphatic heterocycles. The molecule has 1 aliphatic rings. The molecule has 22 heavy (non-hydrogen) atoms. The Bertz CT molecular complexity index is 961. The van der Waals surface area contributed by atoms with Gasteiger partial charge >= 0.3 is 0 Å². The summed E-state index contributed by atoms with van der Waals surface area (Å²) in [5.41, 5.74) is 11.7. The molecule has 0 saturated carbocycles. The van der Waals surface area contributed by atoms with Gasteiger partial charge in [-0.15, -0.1) is 0 Å². The minimum Gasteiger partial charge on any atom is -0.320 e. The Kier molecular flexibility index (Phi) is 2.28. The van der Waals surface area contributed by atoms with Crippen molar-refractivity contribution in [3.05, 3.63) is 83.9 Å². The van der Waals surface area contributed by atoms with Crippen molar-refractivity contribution in [3.8, 4) is 11.1 Å². The van der Waals surface area contributed by atoms with Crippen molar-refractivity contribution in [2.24, 2.45) is 5.73 Å². The van der Waals surface area contributed by atoms with Crippen LogP contribution in [0.5, 0.6) is 0 Å². The second-order valence-corrected chi connectivity index (χ2v) is 5.98. The number of rotatable bonds is 0. The molecule has 0 fully saturated rings. The standard InChI is InChI=1S/C21H15N/c22-21-17-11-9-13-5-1-3-7-15(13)19(17)20-16-8-4-2-6-14(16)10-12-18(20)21/h1-12,21H,22H2. The molecule has 0 radical (unpaired) electrons. The Labute approximate surface area is 129 Å². The summed E-state index contributed by atoms with van der Waals surface area (Å²) < 4.78 is 0. The van der Waals surface area contributed by atoms with E-state index in [0.29, 0.717) is 0 Å². The van der Waals surface area contributed by atoms with E-state index < -0.39 is 0 Å². The van der Waals surface area contributed by atoms with Gasteiger partial charge in [0, 0.05) is 0 Å². The summed E-state index contributed by atoms with van der Waals surface area (Å²) in [6.07, 6.45) is 0. The Morgan fingerprint density at radius 2 is 1.00 bits per heavy atom. The number of benzene rings is 4. The molecule has 0 bridgehead atoms. The Morgan fingerprint density at radius 1 is 0.545 bits per heavy atom. The van der Waals surface area contributed by atoms with E-state index in [-0.39, 0.29) is 6.04 Å². The van der Waals surface area contributed by atoms with Crippen LogP contribution in [-0.4, -0.2) is 0 Å². The minimum absolute atomic E-state index is 0.0285. The number of hydrogen-bond acceptors (Lipinski definition) is 1. The highest BCUT2D eigenvalue weighted by atomic mass is 14.7. The quantitative estimate of drug-likeness (QED) is 0.481. The zero-order chi connectivity index (χ0) is 14.7. The molecule has 0 spiro atoms. The monoisotopic (exact) mass is 281 g/mol. The van der Waals surface area contributed by atoms with Crippen LogP contribution in [0, 0.1) is 0 Å². The maximum absolute atomic E-state index is 6.54. The van der Waals surface area contributed by atoms with E-state index in [9.17, 15) is 0 Å². The van der Waals surface area contributed by atoms with Crippen molar-refractivity contribution >= 4 is 21.5 Å². The molecule has 4 aromatic rings. The Balaban J connectivity index is 2.03. The summed E-state index contributed by atoms with van der Waals surface area (Å²) in [6, 6.07) is 25.9. The smallest absolute Gasteiger partial charge is 0.0564 e. The lowest BCUT2D eigenvalue weighted by Gasteiger charge is -2.09. The lowest BCUT2D eigenvalue weighted by Crippen LogP contribution is -2.07. The van der Waals surface area contributed by atoms with Crippen LogP contribution in [-0.2, 0) is 0 Å². The van der Waals surface area contributed by atoms with Crippen molar-refractivity contribution in [3.63, 3.8) is 0 Å². The molecule has 0 atom stereocenters.